The SMILES string of the molecule is Cn1cc(Br)cc(Nc2ccncn2)c1=O. The Bertz CT molecular complexity index is 552. The first-order chi connectivity index (χ1) is 7.66. The normalized spacial score (nSPS) is 10.1. The number of aromatic nitrogens is 3. The van der Waals surface area contributed by atoms with Crippen molar-refractivity contribution < 1.29 is 0 Å². The Hall–Kier alpha value is -1.69. The third-order valence-electron chi connectivity index (χ3n) is 1.99. The van der Waals surface area contributed by atoms with Gasteiger partial charge in [-0.3, -0.25) is 4.79 Å². The molecule has 0 radical (unpaired) electrons. The Balaban J connectivity index is 2.39. The van der Waals surface area contributed by atoms with Crippen LogP contribution < -0.4 is 10.9 Å². The summed E-state index contributed by atoms with van der Waals surface area (Å²) in [6.07, 6.45) is 4.73. The highest BCUT2D eigenvalue weighted by Crippen LogP contribution is 2.14. The molecule has 5 nitrogen and oxygen atoms in total. The number of aryl methyl sites for hydroxylation is 1. The Morgan fingerprint density at radius 1 is 1.50 bits per heavy atom. The van der Waals surface area contributed by atoms with E-state index < -0.39 is 0 Å². The molecule has 0 amide bonds. The fourth-order valence-electron chi connectivity index (χ4n) is 1.26. The summed E-state index contributed by atoms with van der Waals surface area (Å²) < 4.78 is 2.32. The van der Waals surface area contributed by atoms with Crippen LogP contribution in [0.5, 0.6) is 0 Å². The van der Waals surface area contributed by atoms with Crippen molar-refractivity contribution in [2.45, 2.75) is 0 Å². The molecule has 82 valence electrons. The predicted molar refractivity (Wildman–Crippen MR) is 64.7 cm³/mol. The van der Waals surface area contributed by atoms with Crippen molar-refractivity contribution in [3.63, 3.8) is 0 Å². The lowest BCUT2D eigenvalue weighted by atomic mass is 10.4. The monoisotopic (exact) mass is 280 g/mol. The molecular weight excluding hydrogens is 272 g/mol. The molecule has 2 rings (SSSR count). The molecule has 2 aromatic heterocycles. The molecule has 0 saturated heterocycles. The van der Waals surface area contributed by atoms with Gasteiger partial charge in [-0.25, -0.2) is 9.97 Å². The molecule has 0 unspecified atom stereocenters. The van der Waals surface area contributed by atoms with Gasteiger partial charge in [0.15, 0.2) is 0 Å². The third-order valence-corrected chi connectivity index (χ3v) is 2.43. The Kier molecular flexibility index (Phi) is 3.00. The van der Waals surface area contributed by atoms with Gasteiger partial charge in [0.05, 0.1) is 0 Å². The lowest BCUT2D eigenvalue weighted by Crippen LogP contribution is -2.19. The van der Waals surface area contributed by atoms with E-state index in [4.69, 9.17) is 0 Å². The van der Waals surface area contributed by atoms with Crippen LogP contribution in [0, 0.1) is 0 Å². The maximum atomic E-state index is 11.8. The zero-order chi connectivity index (χ0) is 11.5. The van der Waals surface area contributed by atoms with Crippen molar-refractivity contribution in [3.05, 3.63) is 45.7 Å². The van der Waals surface area contributed by atoms with E-state index in [1.165, 1.54) is 10.9 Å². The Morgan fingerprint density at radius 2 is 2.31 bits per heavy atom. The molecule has 2 aromatic rings. The standard InChI is InChI=1S/C10H9BrN4O/c1-15-5-7(11)4-8(10(15)16)14-9-2-3-12-6-13-9/h2-6H,1H3,(H,12,13,14). The molecule has 0 aliphatic carbocycles. The molecule has 0 spiro atoms. The van der Waals surface area contributed by atoms with Crippen LogP contribution in [-0.4, -0.2) is 14.5 Å². The number of anilines is 2. The molecule has 0 fully saturated rings. The molecule has 0 aliphatic rings. The summed E-state index contributed by atoms with van der Waals surface area (Å²) >= 11 is 3.33. The van der Waals surface area contributed by atoms with Crippen molar-refractivity contribution in [1.29, 1.82) is 0 Å². The van der Waals surface area contributed by atoms with Gasteiger partial charge in [0.1, 0.15) is 17.8 Å². The van der Waals surface area contributed by atoms with E-state index in [-0.39, 0.29) is 5.56 Å². The fourth-order valence-corrected chi connectivity index (χ4v) is 1.80. The molecule has 6 heteroatoms. The predicted octanol–water partition coefficient (Wildman–Crippen LogP) is 1.68. The number of hydrogen-bond acceptors (Lipinski definition) is 4. The van der Waals surface area contributed by atoms with E-state index in [1.54, 1.807) is 31.6 Å². The molecule has 0 aromatic carbocycles. The molecule has 0 aliphatic heterocycles. The van der Waals surface area contributed by atoms with Crippen molar-refractivity contribution in [2.24, 2.45) is 7.05 Å². The van der Waals surface area contributed by atoms with Crippen LogP contribution in [0.2, 0.25) is 0 Å². The van der Waals surface area contributed by atoms with Crippen molar-refractivity contribution in [2.75, 3.05) is 5.32 Å². The van der Waals surface area contributed by atoms with E-state index >= 15 is 0 Å². The molecule has 0 saturated carbocycles. The number of hydrogen-bond donors (Lipinski definition) is 1. The van der Waals surface area contributed by atoms with Crippen LogP contribution in [0.4, 0.5) is 11.5 Å². The topological polar surface area (TPSA) is 59.8 Å². The summed E-state index contributed by atoms with van der Waals surface area (Å²) in [4.78, 5) is 19.6. The lowest BCUT2D eigenvalue weighted by Gasteiger charge is -2.06. The molecule has 0 atom stereocenters. The quantitative estimate of drug-likeness (QED) is 0.909. The third kappa shape index (κ3) is 2.27. The van der Waals surface area contributed by atoms with Gasteiger partial charge in [0.25, 0.3) is 5.56 Å². The fraction of sp³-hybridized carbons (Fsp3) is 0.100. The summed E-state index contributed by atoms with van der Waals surface area (Å²) in [6, 6.07) is 3.41. The lowest BCUT2D eigenvalue weighted by molar-refractivity contribution is 0.858. The zero-order valence-corrected chi connectivity index (χ0v) is 10.1. The van der Waals surface area contributed by atoms with Crippen LogP contribution in [0.3, 0.4) is 0 Å². The largest absolute Gasteiger partial charge is 0.336 e. The van der Waals surface area contributed by atoms with Crippen molar-refractivity contribution >= 4 is 27.4 Å². The van der Waals surface area contributed by atoms with Gasteiger partial charge in [-0.2, -0.15) is 0 Å². The highest BCUT2D eigenvalue weighted by molar-refractivity contribution is 9.10. The smallest absolute Gasteiger partial charge is 0.274 e. The first kappa shape index (κ1) is 10.8. The minimum absolute atomic E-state index is 0.109. The number of halogens is 1. The van der Waals surface area contributed by atoms with E-state index in [1.807, 2.05) is 0 Å². The van der Waals surface area contributed by atoms with Gasteiger partial charge in [0.2, 0.25) is 0 Å². The summed E-state index contributed by atoms with van der Waals surface area (Å²) in [5, 5.41) is 2.94. The minimum Gasteiger partial charge on any atom is -0.336 e. The first-order valence-corrected chi connectivity index (χ1v) is 5.35. The first-order valence-electron chi connectivity index (χ1n) is 4.56. The average molecular weight is 281 g/mol. The molecule has 16 heavy (non-hydrogen) atoms. The average Bonchev–Trinajstić information content (AvgIpc) is 2.27. The maximum absolute atomic E-state index is 11.8. The van der Waals surface area contributed by atoms with Gasteiger partial charge in [-0.1, -0.05) is 0 Å². The number of nitrogens with one attached hydrogen (secondary N) is 1. The van der Waals surface area contributed by atoms with Gasteiger partial charge < -0.3 is 9.88 Å². The molecule has 1 N–H and O–H groups in total. The zero-order valence-electron chi connectivity index (χ0n) is 8.51. The van der Waals surface area contributed by atoms with E-state index in [0.29, 0.717) is 11.5 Å². The maximum Gasteiger partial charge on any atom is 0.274 e. The molecular formula is C10H9BrN4O. The van der Waals surface area contributed by atoms with Crippen molar-refractivity contribution in [3.8, 4) is 0 Å². The molecule has 0 bridgehead atoms. The number of rotatable bonds is 2. The van der Waals surface area contributed by atoms with Crippen LogP contribution in [0.15, 0.2) is 40.1 Å². The highest BCUT2D eigenvalue weighted by atomic mass is 79.9. The van der Waals surface area contributed by atoms with Crippen LogP contribution in [-0.2, 0) is 7.05 Å². The minimum atomic E-state index is -0.109. The van der Waals surface area contributed by atoms with Gasteiger partial charge in [-0.15, -0.1) is 0 Å². The van der Waals surface area contributed by atoms with Gasteiger partial charge in [0, 0.05) is 23.9 Å². The summed E-state index contributed by atoms with van der Waals surface area (Å²) in [5.41, 5.74) is 0.359. The van der Waals surface area contributed by atoms with Gasteiger partial charge >= 0.3 is 0 Å². The summed E-state index contributed by atoms with van der Waals surface area (Å²) in [6.45, 7) is 0. The van der Waals surface area contributed by atoms with Crippen LogP contribution in [0.1, 0.15) is 0 Å². The van der Waals surface area contributed by atoms with E-state index in [0.717, 1.165) is 4.47 Å². The number of pyridine rings is 1. The van der Waals surface area contributed by atoms with Crippen LogP contribution >= 0.6 is 15.9 Å². The second kappa shape index (κ2) is 4.44. The van der Waals surface area contributed by atoms with E-state index in [2.05, 4.69) is 31.2 Å². The summed E-state index contributed by atoms with van der Waals surface area (Å²) in [7, 11) is 1.69. The van der Waals surface area contributed by atoms with E-state index in [9.17, 15) is 4.79 Å². The van der Waals surface area contributed by atoms with Gasteiger partial charge in [-0.05, 0) is 28.1 Å². The second-order valence-electron chi connectivity index (χ2n) is 3.21. The highest BCUT2D eigenvalue weighted by Gasteiger charge is 2.03. The Labute approximate surface area is 100 Å². The number of nitrogens with zero attached hydrogens (tertiary/aromatic N) is 3. The second-order valence-corrected chi connectivity index (χ2v) is 4.12. The molecule has 2 heterocycles. The van der Waals surface area contributed by atoms with Crippen molar-refractivity contribution in [1.82, 2.24) is 14.5 Å². The Morgan fingerprint density at radius 3 is 3.00 bits per heavy atom. The summed E-state index contributed by atoms with van der Waals surface area (Å²) in [5.74, 6) is 0.588. The van der Waals surface area contributed by atoms with Crippen LogP contribution in [0.25, 0.3) is 0 Å².